The predicted molar refractivity (Wildman–Crippen MR) is 103 cm³/mol. The number of carbonyl (C=O) groups is 1. The lowest BCUT2D eigenvalue weighted by Crippen LogP contribution is -2.07. The molecule has 0 atom stereocenters. The molecule has 3 rings (SSSR count). The van der Waals surface area contributed by atoms with Crippen molar-refractivity contribution in [2.75, 3.05) is 5.32 Å². The molecule has 3 aromatic carbocycles. The van der Waals surface area contributed by atoms with E-state index in [1.807, 2.05) is 54.6 Å². The van der Waals surface area contributed by atoms with Gasteiger partial charge in [-0.05, 0) is 35.4 Å². The van der Waals surface area contributed by atoms with Crippen LogP contribution in [0.5, 0.6) is 0 Å². The van der Waals surface area contributed by atoms with Crippen molar-refractivity contribution in [2.24, 2.45) is 0 Å². The normalized spacial score (nSPS) is 10.6. The molecule has 0 aliphatic heterocycles. The molecule has 0 saturated carbocycles. The number of benzene rings is 3. The summed E-state index contributed by atoms with van der Waals surface area (Å²) in [4.78, 5) is 22.6. The van der Waals surface area contributed by atoms with E-state index in [1.165, 1.54) is 18.2 Å². The molecule has 0 radical (unpaired) electrons. The molecule has 0 aromatic heterocycles. The van der Waals surface area contributed by atoms with E-state index in [2.05, 4.69) is 5.32 Å². The smallest absolute Gasteiger partial charge is 0.276 e. The number of para-hydroxylation sites is 1. The van der Waals surface area contributed by atoms with E-state index in [-0.39, 0.29) is 11.6 Å². The summed E-state index contributed by atoms with van der Waals surface area (Å²) in [7, 11) is 0. The molecule has 0 aliphatic carbocycles. The van der Waals surface area contributed by atoms with Crippen molar-refractivity contribution in [3.63, 3.8) is 0 Å². The second kappa shape index (κ2) is 7.90. The molecule has 0 unspecified atom stereocenters. The minimum atomic E-state index is -0.472. The van der Waals surface area contributed by atoms with Crippen molar-refractivity contribution in [1.29, 1.82) is 0 Å². The second-order valence-electron chi connectivity index (χ2n) is 5.58. The number of nitro groups is 1. The Labute approximate surface area is 150 Å². The van der Waals surface area contributed by atoms with E-state index in [0.29, 0.717) is 11.3 Å². The van der Waals surface area contributed by atoms with Crippen molar-refractivity contribution < 1.29 is 9.72 Å². The van der Waals surface area contributed by atoms with Gasteiger partial charge < -0.3 is 5.32 Å². The molecule has 0 bridgehead atoms. The number of nitro benzene ring substituents is 1. The Kier molecular flexibility index (Phi) is 5.19. The Morgan fingerprint density at radius 3 is 2.15 bits per heavy atom. The molecule has 0 fully saturated rings. The Bertz CT molecular complexity index is 949. The first-order valence-electron chi connectivity index (χ1n) is 8.01. The van der Waals surface area contributed by atoms with Crippen LogP contribution in [-0.2, 0) is 4.79 Å². The zero-order valence-corrected chi connectivity index (χ0v) is 13.8. The molecule has 1 N–H and O–H groups in total. The molecule has 5 nitrogen and oxygen atoms in total. The number of rotatable bonds is 5. The summed E-state index contributed by atoms with van der Waals surface area (Å²) < 4.78 is 0. The third kappa shape index (κ3) is 4.21. The van der Waals surface area contributed by atoms with Crippen molar-refractivity contribution in [2.45, 2.75) is 0 Å². The highest BCUT2D eigenvalue weighted by molar-refractivity contribution is 6.02. The van der Waals surface area contributed by atoms with E-state index < -0.39 is 4.92 Å². The number of anilines is 1. The number of nitrogens with one attached hydrogen (secondary N) is 1. The van der Waals surface area contributed by atoms with E-state index in [1.54, 1.807) is 18.2 Å². The summed E-state index contributed by atoms with van der Waals surface area (Å²) in [5.74, 6) is -0.351. The lowest BCUT2D eigenvalue weighted by molar-refractivity contribution is -0.385. The van der Waals surface area contributed by atoms with Crippen LogP contribution in [-0.4, -0.2) is 10.8 Å². The zero-order valence-electron chi connectivity index (χ0n) is 13.8. The van der Waals surface area contributed by atoms with E-state index >= 15 is 0 Å². The van der Waals surface area contributed by atoms with Gasteiger partial charge in [0.15, 0.2) is 0 Å². The maximum atomic E-state index is 12.1. The first-order valence-corrected chi connectivity index (χ1v) is 8.01. The highest BCUT2D eigenvalue weighted by Crippen LogP contribution is 2.21. The summed E-state index contributed by atoms with van der Waals surface area (Å²) >= 11 is 0. The van der Waals surface area contributed by atoms with Crippen LogP contribution in [0.1, 0.15) is 5.56 Å². The van der Waals surface area contributed by atoms with Crippen molar-refractivity contribution in [1.82, 2.24) is 0 Å². The van der Waals surface area contributed by atoms with Crippen LogP contribution in [0.15, 0.2) is 84.9 Å². The number of nitrogens with zero attached hydrogens (tertiary/aromatic N) is 1. The zero-order chi connectivity index (χ0) is 18.4. The topological polar surface area (TPSA) is 72.2 Å². The number of amides is 1. The van der Waals surface area contributed by atoms with Crippen LogP contribution in [0.4, 0.5) is 11.4 Å². The average Bonchev–Trinajstić information content (AvgIpc) is 2.68. The maximum absolute atomic E-state index is 12.1. The molecule has 5 heteroatoms. The van der Waals surface area contributed by atoms with E-state index in [4.69, 9.17) is 0 Å². The van der Waals surface area contributed by atoms with Gasteiger partial charge in [0.25, 0.3) is 5.69 Å². The first-order chi connectivity index (χ1) is 12.6. The van der Waals surface area contributed by atoms with Gasteiger partial charge in [0, 0.05) is 17.8 Å². The number of hydrogen-bond donors (Lipinski definition) is 1. The fraction of sp³-hybridized carbons (Fsp3) is 0. The minimum absolute atomic E-state index is 0.0382. The molecule has 26 heavy (non-hydrogen) atoms. The summed E-state index contributed by atoms with van der Waals surface area (Å²) in [6, 6.07) is 23.7. The lowest BCUT2D eigenvalue weighted by Gasteiger charge is -2.05. The van der Waals surface area contributed by atoms with Crippen LogP contribution in [0.3, 0.4) is 0 Å². The second-order valence-corrected chi connectivity index (χ2v) is 5.58. The fourth-order valence-electron chi connectivity index (χ4n) is 2.52. The molecule has 0 heterocycles. The Morgan fingerprint density at radius 2 is 1.46 bits per heavy atom. The van der Waals surface area contributed by atoms with Gasteiger partial charge in [-0.2, -0.15) is 0 Å². The molecular formula is C21H16N2O3. The molecule has 0 aliphatic rings. The van der Waals surface area contributed by atoms with Crippen molar-refractivity contribution >= 4 is 23.4 Å². The molecular weight excluding hydrogens is 328 g/mol. The quantitative estimate of drug-likeness (QED) is 0.406. The molecule has 1 amide bonds. The van der Waals surface area contributed by atoms with Gasteiger partial charge in [0.1, 0.15) is 0 Å². The number of carbonyl (C=O) groups excluding carboxylic acids is 1. The highest BCUT2D eigenvalue weighted by Gasteiger charge is 2.09. The Balaban J connectivity index is 1.68. The SMILES string of the molecule is O=C(/C=C/c1ccccc1[N+](=O)[O-])Nc1ccc(-c2ccccc2)cc1. The minimum Gasteiger partial charge on any atom is -0.323 e. The van der Waals surface area contributed by atoms with Crippen LogP contribution in [0.2, 0.25) is 0 Å². The van der Waals surface area contributed by atoms with Gasteiger partial charge in [-0.1, -0.05) is 54.6 Å². The fourth-order valence-corrected chi connectivity index (χ4v) is 2.52. The van der Waals surface area contributed by atoms with Crippen molar-refractivity contribution in [3.05, 3.63) is 101 Å². The molecule has 128 valence electrons. The maximum Gasteiger partial charge on any atom is 0.276 e. The largest absolute Gasteiger partial charge is 0.323 e. The van der Waals surface area contributed by atoms with Gasteiger partial charge in [-0.25, -0.2) is 0 Å². The Hall–Kier alpha value is -3.73. The van der Waals surface area contributed by atoms with Crippen LogP contribution in [0, 0.1) is 10.1 Å². The van der Waals surface area contributed by atoms with Gasteiger partial charge >= 0.3 is 0 Å². The third-order valence-electron chi connectivity index (χ3n) is 3.81. The van der Waals surface area contributed by atoms with Crippen LogP contribution in [0.25, 0.3) is 17.2 Å². The standard InChI is InChI=1S/C21H16N2O3/c24-21(15-12-18-8-4-5-9-20(18)23(25)26)22-19-13-10-17(11-14-19)16-6-2-1-3-7-16/h1-15H,(H,22,24)/b15-12+. The first kappa shape index (κ1) is 17.1. The monoisotopic (exact) mass is 344 g/mol. The summed E-state index contributed by atoms with van der Waals surface area (Å²) in [6.45, 7) is 0. The summed E-state index contributed by atoms with van der Waals surface area (Å²) in [5.41, 5.74) is 3.15. The molecule has 0 saturated heterocycles. The van der Waals surface area contributed by atoms with E-state index in [0.717, 1.165) is 11.1 Å². The Morgan fingerprint density at radius 1 is 0.846 bits per heavy atom. The average molecular weight is 344 g/mol. The lowest BCUT2D eigenvalue weighted by atomic mass is 10.1. The van der Waals surface area contributed by atoms with Gasteiger partial charge in [0.2, 0.25) is 5.91 Å². The van der Waals surface area contributed by atoms with Gasteiger partial charge in [-0.3, -0.25) is 14.9 Å². The van der Waals surface area contributed by atoms with Crippen LogP contribution < -0.4 is 5.32 Å². The van der Waals surface area contributed by atoms with Crippen molar-refractivity contribution in [3.8, 4) is 11.1 Å². The molecule has 0 spiro atoms. The van der Waals surface area contributed by atoms with Gasteiger partial charge in [0.05, 0.1) is 10.5 Å². The summed E-state index contributed by atoms with van der Waals surface area (Å²) in [5, 5.41) is 13.7. The third-order valence-corrected chi connectivity index (χ3v) is 3.81. The summed E-state index contributed by atoms with van der Waals surface area (Å²) in [6.07, 6.45) is 2.72. The highest BCUT2D eigenvalue weighted by atomic mass is 16.6. The number of hydrogen-bond acceptors (Lipinski definition) is 3. The molecule has 3 aromatic rings. The van der Waals surface area contributed by atoms with E-state index in [9.17, 15) is 14.9 Å². The predicted octanol–water partition coefficient (Wildman–Crippen LogP) is 4.91. The van der Waals surface area contributed by atoms with Gasteiger partial charge in [-0.15, -0.1) is 0 Å². The van der Waals surface area contributed by atoms with Crippen LogP contribution >= 0.6 is 0 Å².